The average molecular weight is 443 g/mol. The van der Waals surface area contributed by atoms with Crippen molar-refractivity contribution in [1.29, 1.82) is 0 Å². The third-order valence-corrected chi connectivity index (χ3v) is 7.34. The van der Waals surface area contributed by atoms with Gasteiger partial charge in [-0.25, -0.2) is 0 Å². The van der Waals surface area contributed by atoms with Gasteiger partial charge >= 0.3 is 0 Å². The fourth-order valence-corrected chi connectivity index (χ4v) is 5.64. The van der Waals surface area contributed by atoms with Gasteiger partial charge in [0.15, 0.2) is 0 Å². The van der Waals surface area contributed by atoms with Gasteiger partial charge < -0.3 is 20.1 Å². The van der Waals surface area contributed by atoms with Crippen LogP contribution >= 0.6 is 0 Å². The standard InChI is InChI=1S/C29H34N2O2/c1-3-20-14-15-26(32-2)23(16-20)17-30-28-24-18-33-19-25(24)31-29(28)27(21-10-6-4-7-11-21)22-12-8-5-9-13-22/h4-16,24-25,27-31H,3,17-19H2,1-2H3. The van der Waals surface area contributed by atoms with E-state index in [4.69, 9.17) is 9.47 Å². The van der Waals surface area contributed by atoms with Crippen LogP contribution in [-0.4, -0.2) is 38.4 Å². The summed E-state index contributed by atoms with van der Waals surface area (Å²) in [5.41, 5.74) is 5.25. The lowest BCUT2D eigenvalue weighted by atomic mass is 9.80. The zero-order valence-corrected chi connectivity index (χ0v) is 19.5. The number of ether oxygens (including phenoxy) is 2. The Morgan fingerprint density at radius 3 is 2.30 bits per heavy atom. The smallest absolute Gasteiger partial charge is 0.123 e. The fourth-order valence-electron chi connectivity index (χ4n) is 5.64. The number of fused-ring (bicyclic) bond motifs is 1. The first-order valence-corrected chi connectivity index (χ1v) is 12.1. The summed E-state index contributed by atoms with van der Waals surface area (Å²) < 4.78 is 11.6. The molecular weight excluding hydrogens is 408 g/mol. The molecule has 4 atom stereocenters. The SMILES string of the molecule is CCc1ccc(OC)c(CNC2C3COCC3NC2C(c2ccccc2)c2ccccc2)c1. The normalized spacial score (nSPS) is 24.2. The molecule has 0 bridgehead atoms. The maximum Gasteiger partial charge on any atom is 0.123 e. The molecule has 2 saturated heterocycles. The van der Waals surface area contributed by atoms with Crippen LogP contribution in [0.1, 0.15) is 35.1 Å². The van der Waals surface area contributed by atoms with Crippen LogP contribution in [0, 0.1) is 5.92 Å². The molecule has 0 spiro atoms. The second-order valence-electron chi connectivity index (χ2n) is 9.21. The summed E-state index contributed by atoms with van der Waals surface area (Å²) in [6, 6.07) is 29.3. The van der Waals surface area contributed by atoms with Crippen molar-refractivity contribution in [2.75, 3.05) is 20.3 Å². The van der Waals surface area contributed by atoms with E-state index in [0.717, 1.165) is 31.9 Å². The van der Waals surface area contributed by atoms with E-state index >= 15 is 0 Å². The number of methoxy groups -OCH3 is 1. The van der Waals surface area contributed by atoms with Crippen molar-refractivity contribution < 1.29 is 9.47 Å². The molecule has 4 heteroatoms. The van der Waals surface area contributed by atoms with Crippen molar-refractivity contribution >= 4 is 0 Å². The van der Waals surface area contributed by atoms with E-state index in [0.29, 0.717) is 12.0 Å². The van der Waals surface area contributed by atoms with Gasteiger partial charge in [-0.2, -0.15) is 0 Å². The topological polar surface area (TPSA) is 42.5 Å². The largest absolute Gasteiger partial charge is 0.496 e. The van der Waals surface area contributed by atoms with Crippen LogP contribution in [0.2, 0.25) is 0 Å². The quantitative estimate of drug-likeness (QED) is 0.538. The van der Waals surface area contributed by atoms with Gasteiger partial charge in [-0.05, 0) is 29.2 Å². The van der Waals surface area contributed by atoms with Gasteiger partial charge in [0.2, 0.25) is 0 Å². The van der Waals surface area contributed by atoms with Crippen LogP contribution < -0.4 is 15.4 Å². The minimum absolute atomic E-state index is 0.263. The number of rotatable bonds is 8. The molecule has 3 aromatic carbocycles. The highest BCUT2D eigenvalue weighted by Gasteiger charge is 2.49. The Morgan fingerprint density at radius 1 is 0.970 bits per heavy atom. The molecule has 2 N–H and O–H groups in total. The highest BCUT2D eigenvalue weighted by atomic mass is 16.5. The molecule has 4 nitrogen and oxygen atoms in total. The van der Waals surface area contributed by atoms with Crippen molar-refractivity contribution in [3.8, 4) is 5.75 Å². The van der Waals surface area contributed by atoms with Gasteiger partial charge in [-0.1, -0.05) is 79.7 Å². The molecule has 0 aliphatic carbocycles. The summed E-state index contributed by atoms with van der Waals surface area (Å²) >= 11 is 0. The van der Waals surface area contributed by atoms with Gasteiger partial charge in [-0.15, -0.1) is 0 Å². The molecule has 33 heavy (non-hydrogen) atoms. The first-order chi connectivity index (χ1) is 16.3. The van der Waals surface area contributed by atoms with E-state index in [1.165, 1.54) is 22.3 Å². The number of hydrogen-bond donors (Lipinski definition) is 2. The zero-order chi connectivity index (χ0) is 22.6. The van der Waals surface area contributed by atoms with E-state index in [-0.39, 0.29) is 18.0 Å². The monoisotopic (exact) mass is 442 g/mol. The molecule has 2 aliphatic rings. The van der Waals surface area contributed by atoms with E-state index in [2.05, 4.69) is 96.4 Å². The third kappa shape index (κ3) is 4.56. The second-order valence-corrected chi connectivity index (χ2v) is 9.21. The predicted molar refractivity (Wildman–Crippen MR) is 133 cm³/mol. The molecule has 3 aromatic rings. The number of benzene rings is 3. The zero-order valence-electron chi connectivity index (χ0n) is 19.5. The van der Waals surface area contributed by atoms with E-state index in [1.807, 2.05) is 0 Å². The third-order valence-electron chi connectivity index (χ3n) is 7.34. The number of aryl methyl sites for hydroxylation is 1. The summed E-state index contributed by atoms with van der Waals surface area (Å²) in [6.45, 7) is 4.55. The molecule has 2 heterocycles. The Bertz CT molecular complexity index is 1000. The highest BCUT2D eigenvalue weighted by molar-refractivity contribution is 5.39. The average Bonchev–Trinajstić information content (AvgIpc) is 3.46. The molecule has 4 unspecified atom stereocenters. The van der Waals surface area contributed by atoms with E-state index < -0.39 is 0 Å². The van der Waals surface area contributed by atoms with Gasteiger partial charge in [0, 0.05) is 42.1 Å². The van der Waals surface area contributed by atoms with Crippen molar-refractivity contribution in [3.05, 3.63) is 101 Å². The molecule has 5 rings (SSSR count). The summed E-state index contributed by atoms with van der Waals surface area (Å²) in [5, 5.41) is 7.91. The lowest BCUT2D eigenvalue weighted by molar-refractivity contribution is 0.160. The Balaban J connectivity index is 1.47. The van der Waals surface area contributed by atoms with Gasteiger partial charge in [0.25, 0.3) is 0 Å². The van der Waals surface area contributed by atoms with Gasteiger partial charge in [0.1, 0.15) is 5.75 Å². The minimum atomic E-state index is 0.263. The minimum Gasteiger partial charge on any atom is -0.496 e. The fraction of sp³-hybridized carbons (Fsp3) is 0.379. The summed E-state index contributed by atoms with van der Waals surface area (Å²) in [7, 11) is 1.76. The van der Waals surface area contributed by atoms with Crippen LogP contribution in [0.25, 0.3) is 0 Å². The summed E-state index contributed by atoms with van der Waals surface area (Å²) in [5.74, 6) is 1.66. The van der Waals surface area contributed by atoms with Gasteiger partial charge in [-0.3, -0.25) is 0 Å². The molecule has 0 radical (unpaired) electrons. The van der Waals surface area contributed by atoms with Crippen molar-refractivity contribution in [2.24, 2.45) is 5.92 Å². The van der Waals surface area contributed by atoms with Crippen LogP contribution in [0.3, 0.4) is 0 Å². The maximum atomic E-state index is 5.89. The summed E-state index contributed by atoms with van der Waals surface area (Å²) in [4.78, 5) is 0. The number of nitrogens with one attached hydrogen (secondary N) is 2. The molecular formula is C29H34N2O2. The molecule has 172 valence electrons. The Hall–Kier alpha value is -2.66. The molecule has 0 aromatic heterocycles. The summed E-state index contributed by atoms with van der Waals surface area (Å²) in [6.07, 6.45) is 1.02. The first kappa shape index (κ1) is 22.1. The number of hydrogen-bond acceptors (Lipinski definition) is 4. The molecule has 2 fully saturated rings. The van der Waals surface area contributed by atoms with Gasteiger partial charge in [0.05, 0.1) is 20.3 Å². The van der Waals surface area contributed by atoms with Crippen LogP contribution in [0.5, 0.6) is 5.75 Å². The van der Waals surface area contributed by atoms with E-state index in [1.54, 1.807) is 7.11 Å². The molecule has 2 aliphatic heterocycles. The maximum absolute atomic E-state index is 5.89. The Labute approximate surface area is 197 Å². The van der Waals surface area contributed by atoms with Crippen LogP contribution in [-0.2, 0) is 17.7 Å². The van der Waals surface area contributed by atoms with Crippen molar-refractivity contribution in [3.63, 3.8) is 0 Å². The van der Waals surface area contributed by atoms with Crippen molar-refractivity contribution in [1.82, 2.24) is 10.6 Å². The lowest BCUT2D eigenvalue weighted by Crippen LogP contribution is -2.47. The predicted octanol–water partition coefficient (Wildman–Crippen LogP) is 4.53. The van der Waals surface area contributed by atoms with Crippen LogP contribution in [0.4, 0.5) is 0 Å². The van der Waals surface area contributed by atoms with Crippen molar-refractivity contribution in [2.45, 2.75) is 43.9 Å². The Kier molecular flexibility index (Phi) is 6.77. The lowest BCUT2D eigenvalue weighted by Gasteiger charge is -2.32. The molecule has 0 amide bonds. The first-order valence-electron chi connectivity index (χ1n) is 12.1. The second kappa shape index (κ2) is 10.1. The Morgan fingerprint density at radius 2 is 1.67 bits per heavy atom. The molecule has 0 saturated carbocycles. The highest BCUT2D eigenvalue weighted by Crippen LogP contribution is 2.38. The van der Waals surface area contributed by atoms with Crippen LogP contribution in [0.15, 0.2) is 78.9 Å². The van der Waals surface area contributed by atoms with E-state index in [9.17, 15) is 0 Å².